The number of pyridine rings is 1. The molecule has 1 aromatic carbocycles. The molecule has 0 aliphatic carbocycles. The van der Waals surface area contributed by atoms with Gasteiger partial charge in [0.15, 0.2) is 5.54 Å². The van der Waals surface area contributed by atoms with Crippen molar-refractivity contribution in [2.75, 3.05) is 18.5 Å². The average molecular weight is 462 g/mol. The first-order valence-electron chi connectivity index (χ1n) is 7.64. The van der Waals surface area contributed by atoms with E-state index < -0.39 is 17.9 Å². The third-order valence-electron chi connectivity index (χ3n) is 3.86. The highest BCUT2D eigenvalue weighted by Crippen LogP contribution is 2.36. The van der Waals surface area contributed by atoms with Crippen LogP contribution in [0.25, 0.3) is 0 Å². The number of rotatable bonds is 4. The molecule has 0 spiro atoms. The molecular weight excluding hydrogens is 446 g/mol. The van der Waals surface area contributed by atoms with Crippen LogP contribution in [0.5, 0.6) is 0 Å². The zero-order valence-corrected chi connectivity index (χ0v) is 16.3. The van der Waals surface area contributed by atoms with Crippen LogP contribution in [-0.2, 0) is 10.3 Å². The first-order valence-corrected chi connectivity index (χ1v) is 8.43. The van der Waals surface area contributed by atoms with Gasteiger partial charge in [-0.15, -0.1) is 12.4 Å². The summed E-state index contributed by atoms with van der Waals surface area (Å²) in [6.07, 6.45) is -1.33. The molecule has 1 atom stereocenters. The Bertz CT molecular complexity index is 851. The summed E-state index contributed by atoms with van der Waals surface area (Å²) in [5, 5.41) is 2.64. The highest BCUT2D eigenvalue weighted by Gasteiger charge is 2.44. The molecule has 1 aliphatic heterocycles. The summed E-state index contributed by atoms with van der Waals surface area (Å²) in [6, 6.07) is 9.32. The number of alkyl halides is 2. The maximum absolute atomic E-state index is 13.8. The number of nitrogens with two attached hydrogens (primary N) is 1. The quantitative estimate of drug-likeness (QED) is 0.731. The van der Waals surface area contributed by atoms with Crippen molar-refractivity contribution in [3.63, 3.8) is 0 Å². The van der Waals surface area contributed by atoms with Gasteiger partial charge in [0, 0.05) is 16.4 Å². The van der Waals surface area contributed by atoms with Gasteiger partial charge in [0.05, 0.1) is 6.61 Å². The Morgan fingerprint density at radius 3 is 2.74 bits per heavy atom. The number of hydrogen-bond donors (Lipinski definition) is 2. The zero-order valence-electron chi connectivity index (χ0n) is 13.9. The summed E-state index contributed by atoms with van der Waals surface area (Å²) in [7, 11) is 0. The van der Waals surface area contributed by atoms with Gasteiger partial charge >= 0.3 is 0 Å². The Hall–Kier alpha value is -2.10. The number of nitrogens with one attached hydrogen (secondary N) is 1. The van der Waals surface area contributed by atoms with Crippen LogP contribution < -0.4 is 11.1 Å². The maximum atomic E-state index is 13.8. The monoisotopic (exact) mass is 460 g/mol. The van der Waals surface area contributed by atoms with Crippen LogP contribution in [0.15, 0.2) is 52.1 Å². The lowest BCUT2D eigenvalue weighted by molar-refractivity contribution is -0.0129. The van der Waals surface area contributed by atoms with Crippen molar-refractivity contribution in [3.8, 4) is 0 Å². The van der Waals surface area contributed by atoms with Crippen molar-refractivity contribution in [3.05, 3.63) is 58.3 Å². The highest BCUT2D eigenvalue weighted by atomic mass is 79.9. The van der Waals surface area contributed by atoms with E-state index in [-0.39, 0.29) is 42.7 Å². The SMILES string of the molecule is Cl.NC1=NC(c2cccc(NC(=O)c3ccc(Br)cn3)c2)(C(F)F)COC1. The Morgan fingerprint density at radius 2 is 2.11 bits per heavy atom. The fourth-order valence-corrected chi connectivity index (χ4v) is 2.82. The lowest BCUT2D eigenvalue weighted by atomic mass is 9.90. The number of aliphatic imine (C=N–C) groups is 1. The van der Waals surface area contributed by atoms with Gasteiger partial charge in [-0.2, -0.15) is 0 Å². The predicted molar refractivity (Wildman–Crippen MR) is 104 cm³/mol. The fourth-order valence-electron chi connectivity index (χ4n) is 2.59. The van der Waals surface area contributed by atoms with Crippen molar-refractivity contribution < 1.29 is 18.3 Å². The topological polar surface area (TPSA) is 89.6 Å². The van der Waals surface area contributed by atoms with Crippen LogP contribution in [0, 0.1) is 0 Å². The lowest BCUT2D eigenvalue weighted by Crippen LogP contribution is -2.44. The average Bonchev–Trinajstić information content (AvgIpc) is 2.62. The van der Waals surface area contributed by atoms with Crippen LogP contribution in [0.4, 0.5) is 14.5 Å². The molecule has 2 aromatic rings. The van der Waals surface area contributed by atoms with E-state index in [1.54, 1.807) is 24.3 Å². The molecule has 6 nitrogen and oxygen atoms in total. The number of anilines is 1. The lowest BCUT2D eigenvalue weighted by Gasteiger charge is -2.33. The molecule has 27 heavy (non-hydrogen) atoms. The molecule has 1 unspecified atom stereocenters. The number of hydrogen-bond acceptors (Lipinski definition) is 5. The van der Waals surface area contributed by atoms with E-state index in [1.807, 2.05) is 0 Å². The van der Waals surface area contributed by atoms with Gasteiger partial charge in [-0.25, -0.2) is 13.8 Å². The summed E-state index contributed by atoms with van der Waals surface area (Å²) in [5.74, 6) is -0.450. The molecule has 144 valence electrons. The van der Waals surface area contributed by atoms with Gasteiger partial charge in [0.25, 0.3) is 12.3 Å². The molecule has 0 radical (unpaired) electrons. The summed E-state index contributed by atoms with van der Waals surface area (Å²) in [4.78, 5) is 20.2. The number of aromatic nitrogens is 1. The second kappa shape index (κ2) is 8.73. The minimum absolute atomic E-state index is 0. The van der Waals surface area contributed by atoms with Crippen molar-refractivity contribution in [2.45, 2.75) is 12.0 Å². The Kier molecular flexibility index (Phi) is 6.85. The van der Waals surface area contributed by atoms with Crippen LogP contribution in [0.3, 0.4) is 0 Å². The number of amidine groups is 1. The van der Waals surface area contributed by atoms with Crippen LogP contribution in [-0.4, -0.2) is 36.4 Å². The van der Waals surface area contributed by atoms with Crippen LogP contribution in [0.2, 0.25) is 0 Å². The molecule has 0 fully saturated rings. The second-order valence-electron chi connectivity index (χ2n) is 5.72. The summed E-state index contributed by atoms with van der Waals surface area (Å²) in [5.41, 5.74) is 4.46. The number of amides is 1. The number of nitrogens with zero attached hydrogens (tertiary/aromatic N) is 2. The van der Waals surface area contributed by atoms with Crippen molar-refractivity contribution in [1.29, 1.82) is 0 Å². The van der Waals surface area contributed by atoms with Gasteiger partial charge in [0.1, 0.15) is 18.1 Å². The van der Waals surface area contributed by atoms with Gasteiger partial charge in [-0.3, -0.25) is 9.79 Å². The van der Waals surface area contributed by atoms with Gasteiger partial charge in [-0.1, -0.05) is 12.1 Å². The fraction of sp³-hybridized carbons (Fsp3) is 0.235. The van der Waals surface area contributed by atoms with E-state index in [1.165, 1.54) is 18.3 Å². The van der Waals surface area contributed by atoms with Crippen molar-refractivity contribution in [2.24, 2.45) is 10.7 Å². The standard InChI is InChI=1S/C17H15BrF2N4O2.ClH/c18-11-4-5-13(22-7-11)15(25)23-12-3-1-2-10(6-12)17(16(19)20)9-26-8-14(21)24-17;/h1-7,16H,8-9H2,(H2,21,24)(H,23,25);1H. The molecule has 3 N–H and O–H groups in total. The summed E-state index contributed by atoms with van der Waals surface area (Å²) in [6.45, 7) is -0.281. The number of ether oxygens (including phenoxy) is 1. The first-order chi connectivity index (χ1) is 12.4. The minimum atomic E-state index is -2.82. The third-order valence-corrected chi connectivity index (χ3v) is 4.33. The molecule has 0 saturated heterocycles. The van der Waals surface area contributed by atoms with E-state index in [2.05, 4.69) is 31.2 Å². The van der Waals surface area contributed by atoms with Crippen molar-refractivity contribution >= 4 is 45.8 Å². The maximum Gasteiger partial charge on any atom is 0.274 e. The van der Waals surface area contributed by atoms with E-state index >= 15 is 0 Å². The van der Waals surface area contributed by atoms with Crippen LogP contribution >= 0.6 is 28.3 Å². The third kappa shape index (κ3) is 4.60. The highest BCUT2D eigenvalue weighted by molar-refractivity contribution is 9.10. The van der Waals surface area contributed by atoms with E-state index in [0.717, 1.165) is 4.47 Å². The smallest absolute Gasteiger partial charge is 0.274 e. The van der Waals surface area contributed by atoms with Gasteiger partial charge < -0.3 is 15.8 Å². The molecule has 1 aliphatic rings. The number of benzene rings is 1. The number of carbonyl (C=O) groups is 1. The van der Waals surface area contributed by atoms with E-state index in [4.69, 9.17) is 10.5 Å². The molecule has 10 heteroatoms. The summed E-state index contributed by atoms with van der Waals surface area (Å²) < 4.78 is 33.5. The molecule has 2 heterocycles. The Morgan fingerprint density at radius 1 is 1.33 bits per heavy atom. The predicted octanol–water partition coefficient (Wildman–Crippen LogP) is 3.37. The normalized spacial score (nSPS) is 19.2. The zero-order chi connectivity index (χ0) is 18.7. The first kappa shape index (κ1) is 21.2. The van der Waals surface area contributed by atoms with Gasteiger partial charge in [0.2, 0.25) is 0 Å². The minimum Gasteiger partial charge on any atom is -0.385 e. The molecular formula is C17H16BrClF2N4O2. The second-order valence-corrected chi connectivity index (χ2v) is 6.63. The molecule has 1 aromatic heterocycles. The van der Waals surface area contributed by atoms with Crippen molar-refractivity contribution in [1.82, 2.24) is 4.98 Å². The Labute approximate surface area is 168 Å². The Balaban J connectivity index is 0.00000261. The molecule has 0 saturated carbocycles. The molecule has 0 bridgehead atoms. The van der Waals surface area contributed by atoms with E-state index in [9.17, 15) is 13.6 Å². The molecule has 1 amide bonds. The van der Waals surface area contributed by atoms with Crippen LogP contribution in [0.1, 0.15) is 16.1 Å². The van der Waals surface area contributed by atoms with Gasteiger partial charge in [-0.05, 0) is 45.8 Å². The summed E-state index contributed by atoms with van der Waals surface area (Å²) >= 11 is 3.24. The molecule has 3 rings (SSSR count). The number of carbonyl (C=O) groups excluding carboxylic acids is 1. The number of halogens is 4. The van der Waals surface area contributed by atoms with E-state index in [0.29, 0.717) is 5.69 Å². The largest absolute Gasteiger partial charge is 0.385 e.